The maximum absolute atomic E-state index is 13.0. The van der Waals surface area contributed by atoms with Crippen LogP contribution >= 0.6 is 0 Å². The molecule has 1 aromatic carbocycles. The quantitative estimate of drug-likeness (QED) is 0.765. The summed E-state index contributed by atoms with van der Waals surface area (Å²) in [7, 11) is -3.41. The molecule has 1 N–H and O–H groups in total. The Morgan fingerprint density at radius 2 is 2.00 bits per heavy atom. The van der Waals surface area contributed by atoms with E-state index in [-0.39, 0.29) is 36.3 Å². The molecule has 0 aliphatic heterocycles. The molecule has 0 saturated heterocycles. The molecule has 1 fully saturated rings. The highest BCUT2D eigenvalue weighted by atomic mass is 32.2. The average molecular weight is 404 g/mol. The second kappa shape index (κ2) is 7.12. The number of aromatic nitrogens is 3. The molecule has 11 heteroatoms. The van der Waals surface area contributed by atoms with Gasteiger partial charge in [0.1, 0.15) is 0 Å². The van der Waals surface area contributed by atoms with Gasteiger partial charge in [-0.3, -0.25) is 4.57 Å². The van der Waals surface area contributed by atoms with Crippen LogP contribution in [0.4, 0.5) is 13.2 Å². The summed E-state index contributed by atoms with van der Waals surface area (Å²) in [6, 6.07) is 4.57. The van der Waals surface area contributed by atoms with Gasteiger partial charge >= 0.3 is 11.9 Å². The van der Waals surface area contributed by atoms with Gasteiger partial charge in [0, 0.05) is 18.2 Å². The van der Waals surface area contributed by atoms with Crippen LogP contribution in [0.3, 0.4) is 0 Å². The lowest BCUT2D eigenvalue weighted by molar-refractivity contribution is -0.137. The van der Waals surface area contributed by atoms with E-state index in [2.05, 4.69) is 9.82 Å². The van der Waals surface area contributed by atoms with Crippen molar-refractivity contribution in [2.24, 2.45) is 0 Å². The van der Waals surface area contributed by atoms with Crippen LogP contribution in [0.15, 0.2) is 29.1 Å². The number of benzene rings is 1. The lowest BCUT2D eigenvalue weighted by Crippen LogP contribution is -2.32. The molecule has 0 bridgehead atoms. The van der Waals surface area contributed by atoms with E-state index in [9.17, 15) is 26.4 Å². The Morgan fingerprint density at radius 1 is 1.30 bits per heavy atom. The number of hydrogen-bond donors (Lipinski definition) is 1. The van der Waals surface area contributed by atoms with E-state index < -0.39 is 27.5 Å². The van der Waals surface area contributed by atoms with Gasteiger partial charge in [-0.1, -0.05) is 12.1 Å². The third kappa shape index (κ3) is 4.41. The Morgan fingerprint density at radius 3 is 2.59 bits per heavy atom. The molecular formula is C16H19F3N4O3S. The molecule has 2 aromatic rings. The molecule has 3 rings (SSSR count). The van der Waals surface area contributed by atoms with E-state index in [4.69, 9.17) is 0 Å². The maximum atomic E-state index is 13.0. The van der Waals surface area contributed by atoms with Crippen LogP contribution in [0, 0.1) is 0 Å². The number of alkyl halides is 3. The minimum absolute atomic E-state index is 0.0102. The number of hydrogen-bond acceptors (Lipinski definition) is 4. The van der Waals surface area contributed by atoms with E-state index in [1.54, 1.807) is 0 Å². The summed E-state index contributed by atoms with van der Waals surface area (Å²) in [6.07, 6.45) is -3.00. The van der Waals surface area contributed by atoms with Crippen molar-refractivity contribution in [3.8, 4) is 11.4 Å². The maximum Gasteiger partial charge on any atom is 0.416 e. The van der Waals surface area contributed by atoms with Gasteiger partial charge in [-0.15, -0.1) is 5.10 Å². The van der Waals surface area contributed by atoms with E-state index >= 15 is 0 Å². The predicted molar refractivity (Wildman–Crippen MR) is 92.7 cm³/mol. The fraction of sp³-hybridized carbons (Fsp3) is 0.500. The van der Waals surface area contributed by atoms with Crippen LogP contribution in [-0.2, 0) is 22.7 Å². The molecule has 1 aliphatic rings. The first kappa shape index (κ1) is 19.6. The van der Waals surface area contributed by atoms with E-state index in [0.717, 1.165) is 29.7 Å². The number of nitrogens with zero attached hydrogens (tertiary/aromatic N) is 3. The Bertz CT molecular complexity index is 991. The highest BCUT2D eigenvalue weighted by Gasteiger charge is 2.33. The van der Waals surface area contributed by atoms with Crippen molar-refractivity contribution in [2.75, 3.05) is 12.3 Å². The molecule has 148 valence electrons. The van der Waals surface area contributed by atoms with Crippen LogP contribution in [0.2, 0.25) is 0 Å². The van der Waals surface area contributed by atoms with E-state index in [1.807, 2.05) is 0 Å². The SMILES string of the molecule is CCS(=O)(=O)NCCn1nc(-c2cccc(C(F)(F)F)c2)n(C2CC2)c1=O. The summed E-state index contributed by atoms with van der Waals surface area (Å²) < 4.78 is 66.8. The molecule has 1 heterocycles. The standard InChI is InChI=1S/C16H19F3N4O3S/c1-2-27(25,26)20-8-9-22-15(24)23(13-6-7-13)14(21-22)11-4-3-5-12(10-11)16(17,18)19/h3-5,10,13,20H,2,6-9H2,1H3. The first-order valence-electron chi connectivity index (χ1n) is 8.46. The minimum Gasteiger partial charge on any atom is -0.272 e. The average Bonchev–Trinajstić information content (AvgIpc) is 3.39. The molecule has 27 heavy (non-hydrogen) atoms. The third-order valence-electron chi connectivity index (χ3n) is 4.26. The molecule has 0 radical (unpaired) electrons. The Labute approximate surface area is 153 Å². The molecular weight excluding hydrogens is 385 g/mol. The smallest absolute Gasteiger partial charge is 0.272 e. The summed E-state index contributed by atoms with van der Waals surface area (Å²) in [5, 5.41) is 4.17. The van der Waals surface area contributed by atoms with Crippen molar-refractivity contribution in [1.29, 1.82) is 0 Å². The molecule has 0 atom stereocenters. The predicted octanol–water partition coefficient (Wildman–Crippen LogP) is 2.00. The molecule has 0 unspecified atom stereocenters. The van der Waals surface area contributed by atoms with E-state index in [0.29, 0.717) is 0 Å². The Kier molecular flexibility index (Phi) is 5.17. The Hall–Kier alpha value is -2.14. The minimum atomic E-state index is -4.50. The highest BCUT2D eigenvalue weighted by molar-refractivity contribution is 7.89. The van der Waals surface area contributed by atoms with Crippen LogP contribution < -0.4 is 10.4 Å². The molecule has 0 spiro atoms. The van der Waals surface area contributed by atoms with Gasteiger partial charge < -0.3 is 0 Å². The van der Waals surface area contributed by atoms with Crippen LogP contribution in [0.5, 0.6) is 0 Å². The summed E-state index contributed by atoms with van der Waals surface area (Å²) in [6.45, 7) is 1.45. The zero-order chi connectivity index (χ0) is 19.8. The number of sulfonamides is 1. The molecule has 1 aliphatic carbocycles. The first-order chi connectivity index (χ1) is 12.6. The van der Waals surface area contributed by atoms with Gasteiger partial charge in [-0.25, -0.2) is 22.6 Å². The highest BCUT2D eigenvalue weighted by Crippen LogP contribution is 2.37. The molecule has 7 nitrogen and oxygen atoms in total. The molecule has 1 saturated carbocycles. The third-order valence-corrected chi connectivity index (χ3v) is 5.66. The molecule has 0 amide bonds. The number of nitrogens with one attached hydrogen (secondary N) is 1. The van der Waals surface area contributed by atoms with Gasteiger partial charge in [0.15, 0.2) is 5.82 Å². The van der Waals surface area contributed by atoms with Gasteiger partial charge in [-0.05, 0) is 31.9 Å². The van der Waals surface area contributed by atoms with Crippen molar-refractivity contribution < 1.29 is 21.6 Å². The second-order valence-electron chi connectivity index (χ2n) is 6.31. The zero-order valence-corrected chi connectivity index (χ0v) is 15.3. The van der Waals surface area contributed by atoms with Crippen LogP contribution in [0.25, 0.3) is 11.4 Å². The van der Waals surface area contributed by atoms with Crippen molar-refractivity contribution in [3.63, 3.8) is 0 Å². The zero-order valence-electron chi connectivity index (χ0n) is 14.5. The van der Waals surface area contributed by atoms with Gasteiger partial charge in [0.05, 0.1) is 17.9 Å². The van der Waals surface area contributed by atoms with Crippen molar-refractivity contribution in [1.82, 2.24) is 19.1 Å². The van der Waals surface area contributed by atoms with Crippen molar-refractivity contribution in [3.05, 3.63) is 40.3 Å². The van der Waals surface area contributed by atoms with Crippen LogP contribution in [0.1, 0.15) is 31.4 Å². The lowest BCUT2D eigenvalue weighted by Gasteiger charge is -2.09. The monoisotopic (exact) mass is 404 g/mol. The fourth-order valence-electron chi connectivity index (χ4n) is 2.67. The van der Waals surface area contributed by atoms with E-state index in [1.165, 1.54) is 23.6 Å². The van der Waals surface area contributed by atoms with Gasteiger partial charge in [0.2, 0.25) is 10.0 Å². The summed E-state index contributed by atoms with van der Waals surface area (Å²) in [4.78, 5) is 12.6. The lowest BCUT2D eigenvalue weighted by atomic mass is 10.1. The normalized spacial score (nSPS) is 15.3. The second-order valence-corrected chi connectivity index (χ2v) is 8.40. The number of halogens is 3. The summed E-state index contributed by atoms with van der Waals surface area (Å²) in [5.41, 5.74) is -1.08. The van der Waals surface area contributed by atoms with Crippen LogP contribution in [-0.4, -0.2) is 35.1 Å². The van der Waals surface area contributed by atoms with Gasteiger partial charge in [-0.2, -0.15) is 13.2 Å². The fourth-order valence-corrected chi connectivity index (χ4v) is 3.27. The Balaban J connectivity index is 1.93. The van der Waals surface area contributed by atoms with Gasteiger partial charge in [0.25, 0.3) is 0 Å². The summed E-state index contributed by atoms with van der Waals surface area (Å²) >= 11 is 0. The first-order valence-corrected chi connectivity index (χ1v) is 10.1. The summed E-state index contributed by atoms with van der Waals surface area (Å²) in [5.74, 6) is 0.0698. The van der Waals surface area contributed by atoms with Crippen molar-refractivity contribution in [2.45, 2.75) is 38.5 Å². The largest absolute Gasteiger partial charge is 0.416 e. The topological polar surface area (TPSA) is 86.0 Å². The number of rotatable bonds is 7. The molecule has 1 aromatic heterocycles. The van der Waals surface area contributed by atoms with Crippen molar-refractivity contribution >= 4 is 10.0 Å².